The number of benzene rings is 1. The summed E-state index contributed by atoms with van der Waals surface area (Å²) in [5, 5.41) is 14.6. The Kier molecular flexibility index (Phi) is 7.36. The lowest BCUT2D eigenvalue weighted by Crippen LogP contribution is -2.32. The highest BCUT2D eigenvalue weighted by atomic mass is 16.5. The summed E-state index contributed by atoms with van der Waals surface area (Å²) in [4.78, 5) is 13.6. The zero-order chi connectivity index (χ0) is 18.1. The van der Waals surface area contributed by atoms with Gasteiger partial charge in [0.1, 0.15) is 12.4 Å². The highest BCUT2D eigenvalue weighted by Crippen LogP contribution is 2.15. The number of rotatable bonds is 10. The van der Waals surface area contributed by atoms with Gasteiger partial charge >= 0.3 is 0 Å². The molecule has 0 aliphatic carbocycles. The minimum Gasteiger partial charge on any atom is -0.491 e. The van der Waals surface area contributed by atoms with Crippen LogP contribution in [0.3, 0.4) is 0 Å². The summed E-state index contributed by atoms with van der Waals surface area (Å²) in [5.41, 5.74) is 1.67. The molecule has 2 N–H and O–H groups in total. The molecule has 0 unspecified atom stereocenters. The molecule has 0 fully saturated rings. The minimum absolute atomic E-state index is 0.221. The molecular formula is C17H25N5O3. The molecule has 25 heavy (non-hydrogen) atoms. The van der Waals surface area contributed by atoms with E-state index >= 15 is 0 Å². The molecule has 1 amide bonds. The first-order valence-electron chi connectivity index (χ1n) is 8.30. The monoisotopic (exact) mass is 347 g/mol. The Balaban J connectivity index is 1.99. The number of carbonyl (C=O) groups excluding carboxylic acids is 1. The van der Waals surface area contributed by atoms with Gasteiger partial charge in [-0.1, -0.05) is 6.92 Å². The maximum absolute atomic E-state index is 12.2. The number of methoxy groups -OCH3 is 1. The van der Waals surface area contributed by atoms with Crippen LogP contribution < -0.4 is 15.4 Å². The molecule has 2 aromatic rings. The minimum atomic E-state index is -0.221. The topological polar surface area (TPSA) is 90.3 Å². The Labute approximate surface area is 147 Å². The van der Waals surface area contributed by atoms with E-state index in [1.807, 2.05) is 31.2 Å². The van der Waals surface area contributed by atoms with E-state index in [0.29, 0.717) is 31.1 Å². The molecule has 8 heteroatoms. The molecule has 0 radical (unpaired) electrons. The van der Waals surface area contributed by atoms with Gasteiger partial charge in [-0.3, -0.25) is 4.79 Å². The van der Waals surface area contributed by atoms with Crippen molar-refractivity contribution in [2.45, 2.75) is 13.8 Å². The van der Waals surface area contributed by atoms with Crippen molar-refractivity contribution < 1.29 is 14.3 Å². The average Bonchev–Trinajstić information content (AvgIpc) is 3.01. The molecule has 0 aliphatic heterocycles. The first-order valence-corrected chi connectivity index (χ1v) is 8.30. The van der Waals surface area contributed by atoms with Crippen LogP contribution in [0.4, 0.5) is 0 Å². The fourth-order valence-electron chi connectivity index (χ4n) is 2.15. The maximum atomic E-state index is 12.2. The third-order valence-corrected chi connectivity index (χ3v) is 3.46. The normalized spacial score (nSPS) is 10.7. The van der Waals surface area contributed by atoms with E-state index < -0.39 is 0 Å². The predicted octanol–water partition coefficient (Wildman–Crippen LogP) is 0.940. The first kappa shape index (κ1) is 18.9. The van der Waals surface area contributed by atoms with Crippen molar-refractivity contribution in [3.8, 4) is 11.4 Å². The highest BCUT2D eigenvalue weighted by molar-refractivity contribution is 5.93. The number of aromatic nitrogens is 3. The van der Waals surface area contributed by atoms with Crippen LogP contribution in [-0.4, -0.2) is 60.9 Å². The van der Waals surface area contributed by atoms with Crippen LogP contribution in [0.1, 0.15) is 23.1 Å². The second-order valence-electron chi connectivity index (χ2n) is 5.37. The van der Waals surface area contributed by atoms with E-state index in [0.717, 1.165) is 24.5 Å². The van der Waals surface area contributed by atoms with Crippen LogP contribution in [0, 0.1) is 6.92 Å². The quantitative estimate of drug-likeness (QED) is 0.622. The van der Waals surface area contributed by atoms with Gasteiger partial charge in [0.2, 0.25) is 0 Å². The number of aryl methyl sites for hydroxylation is 1. The zero-order valence-electron chi connectivity index (χ0n) is 14.9. The van der Waals surface area contributed by atoms with E-state index in [9.17, 15) is 4.79 Å². The Morgan fingerprint density at radius 2 is 1.92 bits per heavy atom. The largest absolute Gasteiger partial charge is 0.491 e. The fraction of sp³-hybridized carbons (Fsp3) is 0.471. The van der Waals surface area contributed by atoms with E-state index in [1.165, 1.54) is 4.80 Å². The van der Waals surface area contributed by atoms with E-state index in [2.05, 4.69) is 20.8 Å². The van der Waals surface area contributed by atoms with Crippen LogP contribution in [-0.2, 0) is 4.74 Å². The SMILES string of the molecule is CCNCCNC(=O)c1nn(-c2ccc(OCCOC)cc2)nc1C. The molecular weight excluding hydrogens is 322 g/mol. The molecule has 8 nitrogen and oxygen atoms in total. The van der Waals surface area contributed by atoms with Gasteiger partial charge in [-0.25, -0.2) is 0 Å². The Hall–Kier alpha value is -2.45. The molecule has 0 spiro atoms. The van der Waals surface area contributed by atoms with Gasteiger partial charge in [0, 0.05) is 20.2 Å². The van der Waals surface area contributed by atoms with Gasteiger partial charge in [-0.15, -0.1) is 5.10 Å². The van der Waals surface area contributed by atoms with Gasteiger partial charge in [-0.05, 0) is 37.7 Å². The molecule has 0 saturated carbocycles. The van der Waals surface area contributed by atoms with Crippen molar-refractivity contribution in [3.63, 3.8) is 0 Å². The molecule has 1 aromatic carbocycles. The summed E-state index contributed by atoms with van der Waals surface area (Å²) >= 11 is 0. The summed E-state index contributed by atoms with van der Waals surface area (Å²) in [5.74, 6) is 0.521. The van der Waals surface area contributed by atoms with Crippen LogP contribution >= 0.6 is 0 Å². The third-order valence-electron chi connectivity index (χ3n) is 3.46. The van der Waals surface area contributed by atoms with Gasteiger partial charge in [0.25, 0.3) is 5.91 Å². The lowest BCUT2D eigenvalue weighted by atomic mass is 10.3. The Morgan fingerprint density at radius 1 is 1.16 bits per heavy atom. The summed E-state index contributed by atoms with van der Waals surface area (Å²) in [7, 11) is 1.63. The number of carbonyl (C=O) groups is 1. The van der Waals surface area contributed by atoms with E-state index in [4.69, 9.17) is 9.47 Å². The zero-order valence-corrected chi connectivity index (χ0v) is 14.9. The molecule has 0 aliphatic rings. The van der Waals surface area contributed by atoms with Crippen molar-refractivity contribution in [2.75, 3.05) is 40.0 Å². The lowest BCUT2D eigenvalue weighted by Gasteiger charge is -2.06. The molecule has 0 saturated heterocycles. The lowest BCUT2D eigenvalue weighted by molar-refractivity contribution is 0.0948. The summed E-state index contributed by atoms with van der Waals surface area (Å²) in [6.07, 6.45) is 0. The Bertz CT molecular complexity index is 669. The Morgan fingerprint density at radius 3 is 2.60 bits per heavy atom. The van der Waals surface area contributed by atoms with Crippen LogP contribution in [0.5, 0.6) is 5.75 Å². The van der Waals surface area contributed by atoms with Crippen molar-refractivity contribution in [1.29, 1.82) is 0 Å². The number of hydrogen-bond donors (Lipinski definition) is 2. The molecule has 1 heterocycles. The van der Waals surface area contributed by atoms with Gasteiger partial charge in [0.15, 0.2) is 5.69 Å². The third kappa shape index (κ3) is 5.54. The molecule has 0 bridgehead atoms. The first-order chi connectivity index (χ1) is 12.2. The number of amides is 1. The number of hydrogen-bond acceptors (Lipinski definition) is 6. The summed E-state index contributed by atoms with van der Waals surface area (Å²) in [6, 6.07) is 7.35. The van der Waals surface area contributed by atoms with E-state index in [1.54, 1.807) is 14.0 Å². The van der Waals surface area contributed by atoms with Crippen LogP contribution in [0.2, 0.25) is 0 Å². The molecule has 1 aromatic heterocycles. The number of nitrogens with one attached hydrogen (secondary N) is 2. The molecule has 0 atom stereocenters. The van der Waals surface area contributed by atoms with Gasteiger partial charge in [-0.2, -0.15) is 9.90 Å². The smallest absolute Gasteiger partial charge is 0.273 e. The summed E-state index contributed by atoms with van der Waals surface area (Å²) < 4.78 is 10.5. The van der Waals surface area contributed by atoms with Gasteiger partial charge < -0.3 is 20.1 Å². The van der Waals surface area contributed by atoms with Crippen molar-refractivity contribution in [1.82, 2.24) is 25.6 Å². The second kappa shape index (κ2) is 9.75. The number of likely N-dealkylation sites (N-methyl/N-ethyl adjacent to an activating group) is 1. The van der Waals surface area contributed by atoms with Crippen LogP contribution in [0.25, 0.3) is 5.69 Å². The maximum Gasteiger partial charge on any atom is 0.273 e. The van der Waals surface area contributed by atoms with Crippen molar-refractivity contribution in [3.05, 3.63) is 35.7 Å². The van der Waals surface area contributed by atoms with E-state index in [-0.39, 0.29) is 5.91 Å². The fourth-order valence-corrected chi connectivity index (χ4v) is 2.15. The predicted molar refractivity (Wildman–Crippen MR) is 94.3 cm³/mol. The molecule has 136 valence electrons. The number of ether oxygens (including phenoxy) is 2. The molecule has 2 rings (SSSR count). The van der Waals surface area contributed by atoms with Crippen molar-refractivity contribution in [2.24, 2.45) is 0 Å². The second-order valence-corrected chi connectivity index (χ2v) is 5.37. The van der Waals surface area contributed by atoms with Crippen molar-refractivity contribution >= 4 is 5.91 Å². The standard InChI is InChI=1S/C17H25N5O3/c1-4-18-9-10-19-17(23)16-13(2)20-22(21-16)14-5-7-15(8-6-14)25-12-11-24-3/h5-8,18H,4,9-12H2,1-3H3,(H,19,23). The van der Waals surface area contributed by atoms with Crippen LogP contribution in [0.15, 0.2) is 24.3 Å². The number of nitrogens with zero attached hydrogens (tertiary/aromatic N) is 3. The summed E-state index contributed by atoms with van der Waals surface area (Å²) in [6.45, 7) is 6.96. The highest BCUT2D eigenvalue weighted by Gasteiger charge is 2.15. The average molecular weight is 347 g/mol. The van der Waals surface area contributed by atoms with Gasteiger partial charge in [0.05, 0.1) is 18.0 Å².